The molecule has 108 valence electrons. The van der Waals surface area contributed by atoms with Crippen molar-refractivity contribution in [3.05, 3.63) is 12.2 Å². The molecule has 2 rings (SSSR count). The summed E-state index contributed by atoms with van der Waals surface area (Å²) in [6.07, 6.45) is 15.5. The van der Waals surface area contributed by atoms with Crippen LogP contribution in [0.2, 0.25) is 0 Å². The standard InChI is InChI=1S/C17H28O2/c1-14-15-12-10-8-6-4-2-3-5-7-9-11-13-16(15)19-17(14)18/h15-16H,1-13H2/t15-,16+/m1/s1. The average Bonchev–Trinajstić information content (AvgIpc) is 2.67. The van der Waals surface area contributed by atoms with Crippen molar-refractivity contribution < 1.29 is 9.53 Å². The van der Waals surface area contributed by atoms with Gasteiger partial charge in [-0.05, 0) is 19.3 Å². The number of carbonyl (C=O) groups is 1. The van der Waals surface area contributed by atoms with Gasteiger partial charge in [0.2, 0.25) is 0 Å². The van der Waals surface area contributed by atoms with Gasteiger partial charge < -0.3 is 4.74 Å². The van der Waals surface area contributed by atoms with Crippen LogP contribution in [0.1, 0.15) is 77.0 Å². The summed E-state index contributed by atoms with van der Waals surface area (Å²) in [6, 6.07) is 0. The Hall–Kier alpha value is -0.790. The van der Waals surface area contributed by atoms with E-state index in [0.717, 1.165) is 18.4 Å². The maximum absolute atomic E-state index is 11.7. The molecule has 0 radical (unpaired) electrons. The summed E-state index contributed by atoms with van der Waals surface area (Å²) in [6.45, 7) is 3.95. The predicted molar refractivity (Wildman–Crippen MR) is 77.9 cm³/mol. The summed E-state index contributed by atoms with van der Waals surface area (Å²) in [5, 5.41) is 0. The zero-order chi connectivity index (χ0) is 13.5. The van der Waals surface area contributed by atoms with Crippen LogP contribution in [-0.2, 0) is 9.53 Å². The third kappa shape index (κ3) is 4.36. The lowest BCUT2D eigenvalue weighted by atomic mass is 9.88. The number of rotatable bonds is 0. The van der Waals surface area contributed by atoms with Gasteiger partial charge in [-0.2, -0.15) is 0 Å². The van der Waals surface area contributed by atoms with Crippen molar-refractivity contribution in [1.29, 1.82) is 0 Å². The molecule has 1 aliphatic carbocycles. The summed E-state index contributed by atoms with van der Waals surface area (Å²) < 4.78 is 5.50. The quantitative estimate of drug-likeness (QED) is 0.465. The van der Waals surface area contributed by atoms with E-state index in [0.29, 0.717) is 5.92 Å². The number of hydrogen-bond acceptors (Lipinski definition) is 2. The van der Waals surface area contributed by atoms with Gasteiger partial charge in [0.1, 0.15) is 6.10 Å². The van der Waals surface area contributed by atoms with Crippen LogP contribution < -0.4 is 0 Å². The molecule has 0 spiro atoms. The second kappa shape index (κ2) is 7.72. The van der Waals surface area contributed by atoms with Crippen molar-refractivity contribution in [3.8, 4) is 0 Å². The van der Waals surface area contributed by atoms with Crippen molar-refractivity contribution in [3.63, 3.8) is 0 Å². The van der Waals surface area contributed by atoms with Gasteiger partial charge in [0.15, 0.2) is 0 Å². The highest BCUT2D eigenvalue weighted by Crippen LogP contribution is 2.34. The van der Waals surface area contributed by atoms with Gasteiger partial charge in [0, 0.05) is 11.5 Å². The lowest BCUT2D eigenvalue weighted by molar-refractivity contribution is -0.139. The lowest BCUT2D eigenvalue weighted by Crippen LogP contribution is -2.16. The van der Waals surface area contributed by atoms with Gasteiger partial charge in [-0.3, -0.25) is 0 Å². The highest BCUT2D eigenvalue weighted by atomic mass is 16.6. The second-order valence-corrected chi connectivity index (χ2v) is 6.19. The predicted octanol–water partition coefficient (Wildman–Crippen LogP) is 4.78. The van der Waals surface area contributed by atoms with Crippen LogP contribution in [0.5, 0.6) is 0 Å². The molecule has 0 N–H and O–H groups in total. The Kier molecular flexibility index (Phi) is 5.93. The van der Waals surface area contributed by atoms with Gasteiger partial charge >= 0.3 is 5.97 Å². The summed E-state index contributed by atoms with van der Waals surface area (Å²) in [4.78, 5) is 11.7. The molecule has 0 aromatic carbocycles. The van der Waals surface area contributed by atoms with Crippen LogP contribution in [0.15, 0.2) is 12.2 Å². The number of ether oxygens (including phenoxy) is 1. The first-order valence-corrected chi connectivity index (χ1v) is 8.19. The molecule has 0 amide bonds. The Morgan fingerprint density at radius 3 is 1.84 bits per heavy atom. The Bertz CT molecular complexity index is 308. The number of fused-ring (bicyclic) bond motifs is 1. The van der Waals surface area contributed by atoms with E-state index in [9.17, 15) is 4.79 Å². The SMILES string of the molecule is C=C1C(=O)O[C@H]2CCCCCCCCCCCC[C@H]12. The first-order chi connectivity index (χ1) is 9.29. The monoisotopic (exact) mass is 264 g/mol. The molecule has 2 aliphatic rings. The Labute approximate surface area is 117 Å². The molecule has 19 heavy (non-hydrogen) atoms. The van der Waals surface area contributed by atoms with Crippen molar-refractivity contribution in [2.75, 3.05) is 0 Å². The Morgan fingerprint density at radius 2 is 1.26 bits per heavy atom. The molecular formula is C17H28O2. The molecule has 1 saturated heterocycles. The van der Waals surface area contributed by atoms with Crippen LogP contribution in [0.25, 0.3) is 0 Å². The molecular weight excluding hydrogens is 236 g/mol. The summed E-state index contributed by atoms with van der Waals surface area (Å²) in [7, 11) is 0. The minimum atomic E-state index is -0.140. The summed E-state index contributed by atoms with van der Waals surface area (Å²) >= 11 is 0. The van der Waals surface area contributed by atoms with Crippen LogP contribution in [-0.4, -0.2) is 12.1 Å². The van der Waals surface area contributed by atoms with Crippen molar-refractivity contribution in [1.82, 2.24) is 0 Å². The van der Waals surface area contributed by atoms with Crippen LogP contribution in [0.4, 0.5) is 0 Å². The van der Waals surface area contributed by atoms with E-state index >= 15 is 0 Å². The van der Waals surface area contributed by atoms with Gasteiger partial charge in [0.05, 0.1) is 0 Å². The van der Waals surface area contributed by atoms with Gasteiger partial charge in [-0.15, -0.1) is 0 Å². The minimum Gasteiger partial charge on any atom is -0.458 e. The molecule has 1 saturated carbocycles. The zero-order valence-corrected chi connectivity index (χ0v) is 12.2. The first kappa shape index (κ1) is 14.6. The molecule has 0 bridgehead atoms. The normalized spacial score (nSPS) is 31.4. The molecule has 1 heterocycles. The van der Waals surface area contributed by atoms with E-state index in [2.05, 4.69) is 6.58 Å². The smallest absolute Gasteiger partial charge is 0.334 e. The molecule has 2 nitrogen and oxygen atoms in total. The Morgan fingerprint density at radius 1 is 0.789 bits per heavy atom. The van der Waals surface area contributed by atoms with Gasteiger partial charge in [-0.1, -0.05) is 64.4 Å². The van der Waals surface area contributed by atoms with Crippen LogP contribution in [0, 0.1) is 5.92 Å². The first-order valence-electron chi connectivity index (χ1n) is 8.19. The summed E-state index contributed by atoms with van der Waals surface area (Å²) in [5.41, 5.74) is 0.733. The maximum atomic E-state index is 11.7. The molecule has 2 fully saturated rings. The fourth-order valence-electron chi connectivity index (χ4n) is 3.42. The highest BCUT2D eigenvalue weighted by Gasteiger charge is 2.37. The zero-order valence-electron chi connectivity index (χ0n) is 12.2. The topological polar surface area (TPSA) is 26.3 Å². The fourth-order valence-corrected chi connectivity index (χ4v) is 3.42. The van der Waals surface area contributed by atoms with Crippen molar-refractivity contribution in [2.45, 2.75) is 83.2 Å². The molecule has 0 unspecified atom stereocenters. The largest absolute Gasteiger partial charge is 0.458 e. The fraction of sp³-hybridized carbons (Fsp3) is 0.824. The van der Waals surface area contributed by atoms with E-state index in [1.165, 1.54) is 64.2 Å². The van der Waals surface area contributed by atoms with E-state index in [1.54, 1.807) is 0 Å². The number of hydrogen-bond donors (Lipinski definition) is 0. The maximum Gasteiger partial charge on any atom is 0.334 e. The molecule has 0 aromatic rings. The average molecular weight is 264 g/mol. The van der Waals surface area contributed by atoms with E-state index in [1.807, 2.05) is 0 Å². The van der Waals surface area contributed by atoms with Gasteiger partial charge in [0.25, 0.3) is 0 Å². The third-order valence-electron chi connectivity index (χ3n) is 4.67. The van der Waals surface area contributed by atoms with Crippen LogP contribution in [0.3, 0.4) is 0 Å². The van der Waals surface area contributed by atoms with E-state index < -0.39 is 0 Å². The van der Waals surface area contributed by atoms with Crippen LogP contribution >= 0.6 is 0 Å². The Balaban J connectivity index is 1.87. The van der Waals surface area contributed by atoms with E-state index in [-0.39, 0.29) is 12.1 Å². The van der Waals surface area contributed by atoms with Crippen molar-refractivity contribution >= 4 is 5.97 Å². The highest BCUT2D eigenvalue weighted by molar-refractivity contribution is 5.90. The second-order valence-electron chi connectivity index (χ2n) is 6.19. The lowest BCUT2D eigenvalue weighted by Gasteiger charge is -2.18. The third-order valence-corrected chi connectivity index (χ3v) is 4.67. The minimum absolute atomic E-state index is 0.128. The summed E-state index contributed by atoms with van der Waals surface area (Å²) in [5.74, 6) is 0.162. The molecule has 2 atom stereocenters. The molecule has 0 aromatic heterocycles. The number of carbonyl (C=O) groups excluding carboxylic acids is 1. The molecule has 2 heteroatoms. The molecule has 1 aliphatic heterocycles. The van der Waals surface area contributed by atoms with Crippen molar-refractivity contribution in [2.24, 2.45) is 5.92 Å². The van der Waals surface area contributed by atoms with Gasteiger partial charge in [-0.25, -0.2) is 4.79 Å². The van der Waals surface area contributed by atoms with E-state index in [4.69, 9.17) is 4.74 Å². The number of esters is 1.